The topological polar surface area (TPSA) is 95.2 Å². The zero-order valence-corrected chi connectivity index (χ0v) is 11.7. The molecule has 6 nitrogen and oxygen atoms in total. The number of ketones is 1. The van der Waals surface area contributed by atoms with E-state index in [0.29, 0.717) is 0 Å². The van der Waals surface area contributed by atoms with Crippen LogP contribution in [-0.4, -0.2) is 21.8 Å². The summed E-state index contributed by atoms with van der Waals surface area (Å²) in [4.78, 5) is 31.3. The highest BCUT2D eigenvalue weighted by Gasteiger charge is 2.31. The molecule has 0 saturated carbocycles. The van der Waals surface area contributed by atoms with E-state index in [9.17, 15) is 9.59 Å². The highest BCUT2D eigenvalue weighted by Crippen LogP contribution is 2.26. The third-order valence-corrected chi connectivity index (χ3v) is 3.14. The maximum absolute atomic E-state index is 12.6. The van der Waals surface area contributed by atoms with Crippen molar-refractivity contribution < 1.29 is 14.3 Å². The average Bonchev–Trinajstić information content (AvgIpc) is 2.47. The Morgan fingerprint density at radius 2 is 1.95 bits per heavy atom. The van der Waals surface area contributed by atoms with Gasteiger partial charge in [0.1, 0.15) is 5.69 Å². The van der Waals surface area contributed by atoms with Crippen molar-refractivity contribution in [2.24, 2.45) is 5.73 Å². The van der Waals surface area contributed by atoms with E-state index in [4.69, 9.17) is 5.73 Å². The highest BCUT2D eigenvalue weighted by atomic mass is 16.5. The third-order valence-electron chi connectivity index (χ3n) is 3.14. The Hall–Kier alpha value is -2.76. The number of hydrogen-bond acceptors (Lipinski definition) is 5. The summed E-state index contributed by atoms with van der Waals surface area (Å²) in [6, 6.07) is 6.60. The van der Waals surface area contributed by atoms with Gasteiger partial charge in [0.2, 0.25) is 0 Å². The van der Waals surface area contributed by atoms with Crippen LogP contribution in [0, 0.1) is 0 Å². The Bertz CT molecular complexity index is 652. The Kier molecular flexibility index (Phi) is 3.98. The van der Waals surface area contributed by atoms with E-state index in [1.54, 1.807) is 18.5 Å². The quantitative estimate of drug-likeness (QED) is 0.868. The van der Waals surface area contributed by atoms with Crippen LogP contribution in [0.25, 0.3) is 0 Å². The molecule has 2 rings (SSSR count). The molecule has 2 aromatic rings. The van der Waals surface area contributed by atoms with Crippen LogP contribution >= 0.6 is 0 Å². The van der Waals surface area contributed by atoms with Crippen LogP contribution in [0.15, 0.2) is 42.9 Å². The van der Waals surface area contributed by atoms with Gasteiger partial charge >= 0.3 is 6.09 Å². The Morgan fingerprint density at radius 1 is 1.19 bits per heavy atom. The van der Waals surface area contributed by atoms with Gasteiger partial charge in [-0.2, -0.15) is 0 Å². The van der Waals surface area contributed by atoms with Gasteiger partial charge in [-0.1, -0.05) is 6.07 Å². The molecule has 0 spiro atoms. The zero-order valence-electron chi connectivity index (χ0n) is 11.7. The first-order valence-electron chi connectivity index (χ1n) is 6.30. The molecule has 2 aromatic heterocycles. The summed E-state index contributed by atoms with van der Waals surface area (Å²) < 4.78 is 4.67. The van der Waals surface area contributed by atoms with Gasteiger partial charge in [0, 0.05) is 12.4 Å². The van der Waals surface area contributed by atoms with Crippen molar-refractivity contribution >= 4 is 11.9 Å². The molecule has 21 heavy (non-hydrogen) atoms. The number of rotatable bonds is 4. The average molecular weight is 285 g/mol. The molecule has 0 aliphatic carbocycles. The number of aromatic nitrogens is 2. The molecule has 0 aliphatic heterocycles. The standard InChI is InChI=1S/C15H15N3O3/c1-15(2,10-4-3-7-17-8-10)13(19)12-6-5-11(9-18-12)21-14(16)20/h3-9H,1-2H3,(H2,16,20). The number of carbonyl (C=O) groups excluding carboxylic acids is 2. The zero-order chi connectivity index (χ0) is 15.5. The van der Waals surface area contributed by atoms with Gasteiger partial charge in [-0.3, -0.25) is 9.78 Å². The molecule has 0 unspecified atom stereocenters. The van der Waals surface area contributed by atoms with E-state index in [-0.39, 0.29) is 17.2 Å². The fourth-order valence-corrected chi connectivity index (χ4v) is 1.87. The monoisotopic (exact) mass is 285 g/mol. The second-order valence-electron chi connectivity index (χ2n) is 5.00. The van der Waals surface area contributed by atoms with Crippen molar-refractivity contribution in [1.82, 2.24) is 9.97 Å². The minimum Gasteiger partial charge on any atom is -0.409 e. The van der Waals surface area contributed by atoms with Crippen LogP contribution in [-0.2, 0) is 5.41 Å². The van der Waals surface area contributed by atoms with E-state index in [1.807, 2.05) is 19.9 Å². The number of pyridine rings is 2. The number of ether oxygens (including phenoxy) is 1. The van der Waals surface area contributed by atoms with Crippen LogP contribution in [0.4, 0.5) is 4.79 Å². The number of hydrogen-bond donors (Lipinski definition) is 1. The van der Waals surface area contributed by atoms with Crippen molar-refractivity contribution in [2.75, 3.05) is 0 Å². The molecule has 0 bridgehead atoms. The molecule has 0 radical (unpaired) electrons. The van der Waals surface area contributed by atoms with Gasteiger partial charge < -0.3 is 10.5 Å². The molecule has 2 heterocycles. The fraction of sp³-hybridized carbons (Fsp3) is 0.200. The van der Waals surface area contributed by atoms with Crippen LogP contribution < -0.4 is 10.5 Å². The van der Waals surface area contributed by atoms with Gasteiger partial charge in [-0.15, -0.1) is 0 Å². The summed E-state index contributed by atoms with van der Waals surface area (Å²) in [7, 11) is 0. The van der Waals surface area contributed by atoms with Crippen molar-refractivity contribution in [1.29, 1.82) is 0 Å². The molecule has 0 aliphatic rings. The lowest BCUT2D eigenvalue weighted by molar-refractivity contribution is 0.0903. The Balaban J connectivity index is 2.25. The van der Waals surface area contributed by atoms with E-state index < -0.39 is 11.5 Å². The Morgan fingerprint density at radius 3 is 2.48 bits per heavy atom. The predicted molar refractivity (Wildman–Crippen MR) is 76.0 cm³/mol. The number of nitrogens with zero attached hydrogens (tertiary/aromatic N) is 2. The molecule has 0 fully saturated rings. The summed E-state index contributed by atoms with van der Waals surface area (Å²) in [6.45, 7) is 3.61. The Labute approximate surface area is 122 Å². The van der Waals surface area contributed by atoms with Crippen molar-refractivity contribution in [3.05, 3.63) is 54.1 Å². The van der Waals surface area contributed by atoms with Gasteiger partial charge in [0.25, 0.3) is 0 Å². The van der Waals surface area contributed by atoms with Crippen molar-refractivity contribution in [3.63, 3.8) is 0 Å². The minimum absolute atomic E-state index is 0.152. The number of carbonyl (C=O) groups is 2. The molecule has 2 N–H and O–H groups in total. The van der Waals surface area contributed by atoms with E-state index in [1.165, 1.54) is 18.3 Å². The lowest BCUT2D eigenvalue weighted by atomic mass is 9.80. The summed E-state index contributed by atoms with van der Waals surface area (Å²) in [6.07, 6.45) is 3.67. The van der Waals surface area contributed by atoms with Crippen molar-refractivity contribution in [2.45, 2.75) is 19.3 Å². The number of primary amides is 1. The third kappa shape index (κ3) is 3.22. The number of nitrogens with two attached hydrogens (primary N) is 1. The molecule has 0 atom stereocenters. The van der Waals surface area contributed by atoms with Crippen LogP contribution in [0.5, 0.6) is 5.75 Å². The second-order valence-corrected chi connectivity index (χ2v) is 5.00. The van der Waals surface area contributed by atoms with Crippen LogP contribution in [0.1, 0.15) is 29.9 Å². The first-order chi connectivity index (χ1) is 9.91. The van der Waals surface area contributed by atoms with Gasteiger partial charge in [0.15, 0.2) is 11.5 Å². The van der Waals surface area contributed by atoms with Gasteiger partial charge in [-0.05, 0) is 37.6 Å². The lowest BCUT2D eigenvalue weighted by Crippen LogP contribution is -2.30. The highest BCUT2D eigenvalue weighted by molar-refractivity contribution is 6.02. The van der Waals surface area contributed by atoms with Gasteiger partial charge in [-0.25, -0.2) is 9.78 Å². The normalized spacial score (nSPS) is 11.0. The summed E-state index contributed by atoms with van der Waals surface area (Å²) in [5.74, 6) is 0.0411. The van der Waals surface area contributed by atoms with Gasteiger partial charge in [0.05, 0.1) is 11.6 Å². The molecule has 6 heteroatoms. The smallest absolute Gasteiger partial charge is 0.409 e. The van der Waals surface area contributed by atoms with E-state index in [0.717, 1.165) is 5.56 Å². The summed E-state index contributed by atoms with van der Waals surface area (Å²) in [5.41, 5.74) is 5.23. The lowest BCUT2D eigenvalue weighted by Gasteiger charge is -2.22. The maximum atomic E-state index is 12.6. The largest absolute Gasteiger partial charge is 0.410 e. The minimum atomic E-state index is -0.924. The molecule has 1 amide bonds. The fourth-order valence-electron chi connectivity index (χ4n) is 1.87. The molecular formula is C15H15N3O3. The van der Waals surface area contributed by atoms with E-state index >= 15 is 0 Å². The van der Waals surface area contributed by atoms with E-state index in [2.05, 4.69) is 14.7 Å². The molecule has 0 aromatic carbocycles. The summed E-state index contributed by atoms with van der Waals surface area (Å²) in [5, 5.41) is 0. The first kappa shape index (κ1) is 14.6. The predicted octanol–water partition coefficient (Wildman–Crippen LogP) is 2.09. The van der Waals surface area contributed by atoms with Crippen LogP contribution in [0.2, 0.25) is 0 Å². The molecule has 108 valence electrons. The summed E-state index contributed by atoms with van der Waals surface area (Å²) >= 11 is 0. The van der Waals surface area contributed by atoms with Crippen molar-refractivity contribution in [3.8, 4) is 5.75 Å². The number of amides is 1. The maximum Gasteiger partial charge on any atom is 0.410 e. The molecular weight excluding hydrogens is 270 g/mol. The van der Waals surface area contributed by atoms with Crippen LogP contribution in [0.3, 0.4) is 0 Å². The SMILES string of the molecule is CC(C)(C(=O)c1ccc(OC(N)=O)cn1)c1cccnc1. The number of Topliss-reactive ketones (excluding diaryl/α,β-unsaturated/α-hetero) is 1. The second kappa shape index (κ2) is 5.70. The molecule has 0 saturated heterocycles. The first-order valence-corrected chi connectivity index (χ1v) is 6.30.